The van der Waals surface area contributed by atoms with Crippen molar-refractivity contribution in [2.24, 2.45) is 11.8 Å². The smallest absolute Gasteiger partial charge is 0.357 e. The molecular formula is C11H15ClO3. The molecule has 2 aliphatic carbocycles. The van der Waals surface area contributed by atoms with E-state index < -0.39 is 11.0 Å². The zero-order valence-electron chi connectivity index (χ0n) is 8.79. The van der Waals surface area contributed by atoms with E-state index in [1.54, 1.807) is 0 Å². The Morgan fingerprint density at radius 1 is 1.47 bits per heavy atom. The molecule has 0 radical (unpaired) electrons. The zero-order valence-corrected chi connectivity index (χ0v) is 9.55. The van der Waals surface area contributed by atoms with Crippen molar-refractivity contribution in [2.75, 3.05) is 7.11 Å². The number of ether oxygens (including phenoxy) is 2. The van der Waals surface area contributed by atoms with Gasteiger partial charge in [0.05, 0.1) is 7.11 Å². The van der Waals surface area contributed by atoms with E-state index in [2.05, 4.69) is 0 Å². The van der Waals surface area contributed by atoms with Crippen LogP contribution in [0.1, 0.15) is 32.1 Å². The van der Waals surface area contributed by atoms with Crippen LogP contribution in [0, 0.1) is 11.8 Å². The van der Waals surface area contributed by atoms with Gasteiger partial charge in [0.15, 0.2) is 0 Å². The van der Waals surface area contributed by atoms with E-state index in [9.17, 15) is 4.79 Å². The molecule has 3 fully saturated rings. The zero-order chi connectivity index (χ0) is 10.7. The fourth-order valence-electron chi connectivity index (χ4n) is 3.68. The number of fused-ring (bicyclic) bond motifs is 2. The Hall–Kier alpha value is -0.280. The number of carbonyl (C=O) groups excluding carboxylic acids is 1. The predicted octanol–water partition coefficient (Wildman–Crippen LogP) is 2.07. The number of epoxide rings is 1. The van der Waals surface area contributed by atoms with E-state index in [0.29, 0.717) is 5.92 Å². The van der Waals surface area contributed by atoms with Crippen molar-refractivity contribution >= 4 is 17.6 Å². The Morgan fingerprint density at radius 3 is 3.00 bits per heavy atom. The van der Waals surface area contributed by atoms with Gasteiger partial charge in [0.25, 0.3) is 5.06 Å². The van der Waals surface area contributed by atoms with Gasteiger partial charge in [-0.25, -0.2) is 4.79 Å². The summed E-state index contributed by atoms with van der Waals surface area (Å²) in [6, 6.07) is 0. The number of alkyl halides is 1. The fourth-order valence-corrected chi connectivity index (χ4v) is 4.13. The second-order valence-corrected chi connectivity index (χ2v) is 5.45. The fraction of sp³-hybridized carbons (Fsp3) is 0.909. The maximum Gasteiger partial charge on any atom is 0.357 e. The summed E-state index contributed by atoms with van der Waals surface area (Å²) in [5.41, 5.74) is -0.386. The lowest BCUT2D eigenvalue weighted by Gasteiger charge is -2.15. The minimum Gasteiger partial charge on any atom is -0.466 e. The van der Waals surface area contributed by atoms with Crippen molar-refractivity contribution in [1.29, 1.82) is 0 Å². The summed E-state index contributed by atoms with van der Waals surface area (Å²) in [5, 5.41) is -1.16. The SMILES string of the molecule is COC(=O)C1(Cl)OC12CCC1CCCC12. The van der Waals surface area contributed by atoms with Crippen LogP contribution in [-0.4, -0.2) is 23.7 Å². The molecule has 0 aromatic carbocycles. The van der Waals surface area contributed by atoms with Gasteiger partial charge in [-0.2, -0.15) is 0 Å². The number of carbonyl (C=O) groups is 1. The molecule has 1 saturated heterocycles. The average Bonchev–Trinajstić information content (AvgIpc) is 2.60. The van der Waals surface area contributed by atoms with E-state index in [0.717, 1.165) is 25.2 Å². The number of hydrogen-bond acceptors (Lipinski definition) is 3. The first-order valence-electron chi connectivity index (χ1n) is 5.61. The summed E-state index contributed by atoms with van der Waals surface area (Å²) in [5.74, 6) is 0.779. The highest BCUT2D eigenvalue weighted by atomic mass is 35.5. The molecule has 3 nitrogen and oxygen atoms in total. The van der Waals surface area contributed by atoms with Crippen molar-refractivity contribution in [1.82, 2.24) is 0 Å². The Bertz CT molecular complexity index is 319. The minimum absolute atomic E-state index is 0.386. The van der Waals surface area contributed by atoms with E-state index in [4.69, 9.17) is 21.1 Å². The Morgan fingerprint density at radius 2 is 2.27 bits per heavy atom. The van der Waals surface area contributed by atoms with Gasteiger partial charge in [0, 0.05) is 0 Å². The van der Waals surface area contributed by atoms with Crippen LogP contribution in [0.25, 0.3) is 0 Å². The van der Waals surface area contributed by atoms with Crippen molar-refractivity contribution in [2.45, 2.75) is 42.8 Å². The molecule has 1 aliphatic heterocycles. The molecule has 2 saturated carbocycles. The van der Waals surface area contributed by atoms with Crippen LogP contribution in [0.5, 0.6) is 0 Å². The van der Waals surface area contributed by atoms with E-state index in [1.807, 2.05) is 0 Å². The highest BCUT2D eigenvalue weighted by Crippen LogP contribution is 2.68. The van der Waals surface area contributed by atoms with Gasteiger partial charge in [-0.1, -0.05) is 24.4 Å². The normalized spacial score (nSPS) is 51.9. The van der Waals surface area contributed by atoms with Gasteiger partial charge in [0.1, 0.15) is 5.60 Å². The van der Waals surface area contributed by atoms with Crippen LogP contribution in [0.15, 0.2) is 0 Å². The topological polar surface area (TPSA) is 38.8 Å². The number of hydrogen-bond donors (Lipinski definition) is 0. The van der Waals surface area contributed by atoms with Gasteiger partial charge in [-0.05, 0) is 31.1 Å². The minimum atomic E-state index is -1.16. The van der Waals surface area contributed by atoms with Gasteiger partial charge < -0.3 is 9.47 Å². The maximum atomic E-state index is 11.6. The number of methoxy groups -OCH3 is 1. The molecule has 1 heterocycles. The Kier molecular flexibility index (Phi) is 1.91. The van der Waals surface area contributed by atoms with Crippen LogP contribution in [0.3, 0.4) is 0 Å². The molecule has 4 unspecified atom stereocenters. The molecule has 4 atom stereocenters. The molecule has 84 valence electrons. The van der Waals surface area contributed by atoms with Crippen LogP contribution in [0.2, 0.25) is 0 Å². The third kappa shape index (κ3) is 1.03. The summed E-state index contributed by atoms with van der Waals surface area (Å²) in [4.78, 5) is 11.6. The first-order chi connectivity index (χ1) is 7.14. The molecule has 1 spiro atoms. The van der Waals surface area contributed by atoms with Crippen molar-refractivity contribution in [3.05, 3.63) is 0 Å². The third-order valence-corrected chi connectivity index (χ3v) is 4.97. The molecule has 0 aromatic rings. The summed E-state index contributed by atoms with van der Waals surface area (Å²) in [7, 11) is 1.36. The summed E-state index contributed by atoms with van der Waals surface area (Å²) >= 11 is 6.23. The second kappa shape index (κ2) is 2.89. The lowest BCUT2D eigenvalue weighted by molar-refractivity contribution is -0.143. The highest BCUT2D eigenvalue weighted by molar-refractivity contribution is 6.36. The molecule has 0 amide bonds. The van der Waals surface area contributed by atoms with Gasteiger partial charge in [-0.15, -0.1) is 0 Å². The van der Waals surface area contributed by atoms with Crippen LogP contribution in [0.4, 0.5) is 0 Å². The quantitative estimate of drug-likeness (QED) is 0.393. The molecule has 4 heteroatoms. The molecule has 0 bridgehead atoms. The summed E-state index contributed by atoms with van der Waals surface area (Å²) < 4.78 is 10.3. The van der Waals surface area contributed by atoms with Crippen LogP contribution < -0.4 is 0 Å². The Balaban J connectivity index is 1.86. The second-order valence-electron chi connectivity index (χ2n) is 4.91. The number of rotatable bonds is 1. The molecule has 0 aromatic heterocycles. The molecular weight excluding hydrogens is 216 g/mol. The lowest BCUT2D eigenvalue weighted by atomic mass is 9.89. The van der Waals surface area contributed by atoms with Crippen LogP contribution >= 0.6 is 11.6 Å². The number of halogens is 1. The van der Waals surface area contributed by atoms with Gasteiger partial charge in [0.2, 0.25) is 0 Å². The van der Waals surface area contributed by atoms with E-state index in [1.165, 1.54) is 20.0 Å². The van der Waals surface area contributed by atoms with Gasteiger partial charge in [-0.3, -0.25) is 0 Å². The first kappa shape index (κ1) is 9.91. The molecule has 0 N–H and O–H groups in total. The predicted molar refractivity (Wildman–Crippen MR) is 54.5 cm³/mol. The standard InChI is InChI=1S/C11H15ClO3/c1-14-9(13)11(12)10(15-11)6-5-7-3-2-4-8(7)10/h7-8H,2-6H2,1H3. The van der Waals surface area contributed by atoms with Crippen LogP contribution in [-0.2, 0) is 14.3 Å². The maximum absolute atomic E-state index is 11.6. The Labute approximate surface area is 94.1 Å². The van der Waals surface area contributed by atoms with E-state index in [-0.39, 0.29) is 5.60 Å². The summed E-state index contributed by atoms with van der Waals surface area (Å²) in [6.45, 7) is 0. The van der Waals surface area contributed by atoms with Crippen molar-refractivity contribution < 1.29 is 14.3 Å². The molecule has 3 rings (SSSR count). The third-order valence-electron chi connectivity index (χ3n) is 4.42. The summed E-state index contributed by atoms with van der Waals surface area (Å²) in [6.07, 6.45) is 5.73. The average molecular weight is 231 g/mol. The first-order valence-corrected chi connectivity index (χ1v) is 5.99. The highest BCUT2D eigenvalue weighted by Gasteiger charge is 2.80. The van der Waals surface area contributed by atoms with E-state index >= 15 is 0 Å². The monoisotopic (exact) mass is 230 g/mol. The lowest BCUT2D eigenvalue weighted by Crippen LogP contribution is -2.33. The van der Waals surface area contributed by atoms with Crippen molar-refractivity contribution in [3.63, 3.8) is 0 Å². The van der Waals surface area contributed by atoms with Crippen molar-refractivity contribution in [3.8, 4) is 0 Å². The molecule has 3 aliphatic rings. The van der Waals surface area contributed by atoms with Gasteiger partial charge >= 0.3 is 5.97 Å². The largest absolute Gasteiger partial charge is 0.466 e. The molecule has 15 heavy (non-hydrogen) atoms. The number of esters is 1.